The summed E-state index contributed by atoms with van der Waals surface area (Å²) >= 11 is 0. The summed E-state index contributed by atoms with van der Waals surface area (Å²) in [5.41, 5.74) is 5.95. The van der Waals surface area contributed by atoms with Gasteiger partial charge in [0, 0.05) is 29.7 Å². The zero-order chi connectivity index (χ0) is 23.1. The van der Waals surface area contributed by atoms with Gasteiger partial charge in [0.25, 0.3) is 0 Å². The minimum absolute atomic E-state index is 0.223. The number of morpholine rings is 1. The number of benzene rings is 3. The Morgan fingerprint density at radius 2 is 1.91 bits per heavy atom. The van der Waals surface area contributed by atoms with Gasteiger partial charge in [-0.2, -0.15) is 5.10 Å². The van der Waals surface area contributed by atoms with Crippen molar-refractivity contribution < 1.29 is 9.47 Å². The van der Waals surface area contributed by atoms with Gasteiger partial charge < -0.3 is 19.4 Å². The van der Waals surface area contributed by atoms with Crippen LogP contribution in [-0.2, 0) is 11.3 Å². The van der Waals surface area contributed by atoms with E-state index in [0.29, 0.717) is 12.6 Å². The number of anilines is 1. The van der Waals surface area contributed by atoms with Crippen LogP contribution in [0.15, 0.2) is 66.7 Å². The lowest BCUT2D eigenvalue weighted by Gasteiger charge is -2.38. The van der Waals surface area contributed by atoms with E-state index in [1.54, 1.807) is 0 Å². The van der Waals surface area contributed by atoms with E-state index in [9.17, 15) is 0 Å². The van der Waals surface area contributed by atoms with E-state index < -0.39 is 0 Å². The summed E-state index contributed by atoms with van der Waals surface area (Å²) < 4.78 is 11.8. The molecule has 0 saturated carbocycles. The van der Waals surface area contributed by atoms with Gasteiger partial charge in [-0.25, -0.2) is 4.98 Å². The summed E-state index contributed by atoms with van der Waals surface area (Å²) in [5.74, 6) is 1.55. The summed E-state index contributed by atoms with van der Waals surface area (Å²) in [6.45, 7) is 6.46. The number of hydrogen-bond acceptors (Lipinski definition) is 5. The Morgan fingerprint density at radius 3 is 2.79 bits per heavy atom. The number of fused-ring (bicyclic) bond motifs is 2. The van der Waals surface area contributed by atoms with Gasteiger partial charge in [-0.05, 0) is 49.7 Å². The average molecular weight is 454 g/mol. The Labute approximate surface area is 197 Å². The van der Waals surface area contributed by atoms with Crippen LogP contribution in [0.4, 0.5) is 5.69 Å². The fraction of sp³-hybridized carbons (Fsp3) is 0.259. The Balaban J connectivity index is 1.27. The molecule has 1 aliphatic rings. The highest BCUT2D eigenvalue weighted by atomic mass is 16.5. The molecule has 1 saturated heterocycles. The molecule has 0 spiro atoms. The van der Waals surface area contributed by atoms with Gasteiger partial charge in [0.05, 0.1) is 29.3 Å². The molecule has 2 N–H and O–H groups in total. The molecule has 0 aliphatic carbocycles. The molecule has 5 aromatic rings. The fourth-order valence-electron chi connectivity index (χ4n) is 4.56. The zero-order valence-electron chi connectivity index (χ0n) is 19.3. The number of nitrogens with zero attached hydrogens (tertiary/aromatic N) is 3. The maximum absolute atomic E-state index is 5.97. The molecule has 3 heterocycles. The molecule has 3 aromatic carbocycles. The largest absolute Gasteiger partial charge is 0.489 e. The number of hydrogen-bond donors (Lipinski definition) is 2. The third kappa shape index (κ3) is 3.88. The smallest absolute Gasteiger partial charge is 0.159 e. The minimum Gasteiger partial charge on any atom is -0.489 e. The molecular formula is C27H27N5O2. The second kappa shape index (κ2) is 8.50. The maximum Gasteiger partial charge on any atom is 0.159 e. The van der Waals surface area contributed by atoms with E-state index in [1.807, 2.05) is 36.4 Å². The van der Waals surface area contributed by atoms with Gasteiger partial charge in [0.1, 0.15) is 18.1 Å². The SMILES string of the molecule is CC1CN(c2ccc3nc(-c4n[nH]c5cc(OCc6ccccc6)ccc45)[nH]c3c2)C(C)CO1. The van der Waals surface area contributed by atoms with E-state index in [4.69, 9.17) is 14.5 Å². The normalized spacial score (nSPS) is 18.6. The standard InChI is InChI=1S/C27H27N5O2/c1-17-15-33-18(2)14-32(17)20-8-11-23-25(12-20)29-27(28-23)26-22-10-9-21(13-24(22)30-31-26)34-16-19-6-4-3-5-7-19/h3-13,17-18H,14-16H2,1-2H3,(H,28,29)(H,30,31). The highest BCUT2D eigenvalue weighted by Crippen LogP contribution is 2.31. The molecule has 2 atom stereocenters. The van der Waals surface area contributed by atoms with Gasteiger partial charge in [0.15, 0.2) is 5.82 Å². The van der Waals surface area contributed by atoms with Crippen molar-refractivity contribution >= 4 is 27.6 Å². The monoisotopic (exact) mass is 453 g/mol. The number of nitrogens with one attached hydrogen (secondary N) is 2. The molecule has 1 aliphatic heterocycles. The number of rotatable bonds is 5. The molecule has 172 valence electrons. The van der Waals surface area contributed by atoms with Crippen LogP contribution in [0.3, 0.4) is 0 Å². The average Bonchev–Trinajstić information content (AvgIpc) is 3.48. The second-order valence-corrected chi connectivity index (χ2v) is 8.99. The van der Waals surface area contributed by atoms with E-state index in [2.05, 4.69) is 64.3 Å². The molecule has 0 amide bonds. The Hall–Kier alpha value is -3.84. The Bertz CT molecular complexity index is 1440. The topological polar surface area (TPSA) is 79.1 Å². The first-order valence-corrected chi connectivity index (χ1v) is 11.7. The third-order valence-corrected chi connectivity index (χ3v) is 6.41. The first kappa shape index (κ1) is 20.7. The second-order valence-electron chi connectivity index (χ2n) is 8.99. The lowest BCUT2D eigenvalue weighted by Crippen LogP contribution is -2.47. The van der Waals surface area contributed by atoms with Crippen molar-refractivity contribution in [3.8, 4) is 17.3 Å². The predicted molar refractivity (Wildman–Crippen MR) is 134 cm³/mol. The molecule has 0 radical (unpaired) electrons. The molecule has 6 rings (SSSR count). The summed E-state index contributed by atoms with van der Waals surface area (Å²) in [5, 5.41) is 8.69. The Morgan fingerprint density at radius 1 is 1.03 bits per heavy atom. The molecule has 1 fully saturated rings. The van der Waals surface area contributed by atoms with Crippen molar-refractivity contribution in [2.24, 2.45) is 0 Å². The predicted octanol–water partition coefficient (Wildman–Crippen LogP) is 5.30. The van der Waals surface area contributed by atoms with E-state index in [0.717, 1.165) is 57.9 Å². The number of aromatic nitrogens is 4. The van der Waals surface area contributed by atoms with Crippen molar-refractivity contribution in [3.63, 3.8) is 0 Å². The van der Waals surface area contributed by atoms with Crippen LogP contribution >= 0.6 is 0 Å². The van der Waals surface area contributed by atoms with Crippen LogP contribution in [0.5, 0.6) is 5.75 Å². The quantitative estimate of drug-likeness (QED) is 0.378. The zero-order valence-corrected chi connectivity index (χ0v) is 19.3. The van der Waals surface area contributed by atoms with Crippen molar-refractivity contribution in [1.82, 2.24) is 20.2 Å². The lowest BCUT2D eigenvalue weighted by atomic mass is 10.1. The molecular weight excluding hydrogens is 426 g/mol. The third-order valence-electron chi connectivity index (χ3n) is 6.41. The molecule has 0 bridgehead atoms. The maximum atomic E-state index is 5.97. The highest BCUT2D eigenvalue weighted by molar-refractivity contribution is 5.94. The van der Waals surface area contributed by atoms with Crippen molar-refractivity contribution in [1.29, 1.82) is 0 Å². The molecule has 34 heavy (non-hydrogen) atoms. The Kier molecular flexibility index (Phi) is 5.19. The van der Waals surface area contributed by atoms with Crippen LogP contribution < -0.4 is 9.64 Å². The van der Waals surface area contributed by atoms with Gasteiger partial charge >= 0.3 is 0 Å². The van der Waals surface area contributed by atoms with Crippen molar-refractivity contribution in [3.05, 3.63) is 72.3 Å². The summed E-state index contributed by atoms with van der Waals surface area (Å²) in [6.07, 6.45) is 0.223. The first-order chi connectivity index (χ1) is 16.6. The number of ether oxygens (including phenoxy) is 2. The lowest BCUT2D eigenvalue weighted by molar-refractivity contribution is 0.0344. The van der Waals surface area contributed by atoms with E-state index in [1.165, 1.54) is 5.69 Å². The molecule has 7 nitrogen and oxygen atoms in total. The van der Waals surface area contributed by atoms with Crippen LogP contribution in [-0.4, -0.2) is 45.5 Å². The van der Waals surface area contributed by atoms with Crippen LogP contribution in [0.1, 0.15) is 19.4 Å². The van der Waals surface area contributed by atoms with Gasteiger partial charge in [-0.3, -0.25) is 5.10 Å². The molecule has 2 unspecified atom stereocenters. The number of imidazole rings is 1. The highest BCUT2D eigenvalue weighted by Gasteiger charge is 2.24. The van der Waals surface area contributed by atoms with E-state index >= 15 is 0 Å². The number of H-pyrrole nitrogens is 2. The van der Waals surface area contributed by atoms with Gasteiger partial charge in [-0.1, -0.05) is 30.3 Å². The molecule has 7 heteroatoms. The summed E-state index contributed by atoms with van der Waals surface area (Å²) in [4.78, 5) is 10.7. The van der Waals surface area contributed by atoms with Crippen molar-refractivity contribution in [2.75, 3.05) is 18.1 Å². The van der Waals surface area contributed by atoms with Gasteiger partial charge in [-0.15, -0.1) is 0 Å². The minimum atomic E-state index is 0.223. The van der Waals surface area contributed by atoms with E-state index in [-0.39, 0.29) is 6.10 Å². The summed E-state index contributed by atoms with van der Waals surface area (Å²) in [7, 11) is 0. The fourth-order valence-corrected chi connectivity index (χ4v) is 4.56. The van der Waals surface area contributed by atoms with Crippen LogP contribution in [0.25, 0.3) is 33.5 Å². The summed E-state index contributed by atoms with van der Waals surface area (Å²) in [6, 6.07) is 22.9. The van der Waals surface area contributed by atoms with Crippen molar-refractivity contribution in [2.45, 2.75) is 32.6 Å². The van der Waals surface area contributed by atoms with Gasteiger partial charge in [0.2, 0.25) is 0 Å². The van der Waals surface area contributed by atoms with Crippen LogP contribution in [0, 0.1) is 0 Å². The first-order valence-electron chi connectivity index (χ1n) is 11.7. The number of aromatic amines is 2. The molecule has 2 aromatic heterocycles. The van der Waals surface area contributed by atoms with Crippen LogP contribution in [0.2, 0.25) is 0 Å².